The lowest BCUT2D eigenvalue weighted by Gasteiger charge is -2.04. The second-order valence-corrected chi connectivity index (χ2v) is 4.30. The molecule has 18 heavy (non-hydrogen) atoms. The van der Waals surface area contributed by atoms with Crippen LogP contribution in [0.2, 0.25) is 5.02 Å². The van der Waals surface area contributed by atoms with E-state index < -0.39 is 5.97 Å². The average Bonchev–Trinajstić information content (AvgIpc) is 2.70. The van der Waals surface area contributed by atoms with Crippen molar-refractivity contribution >= 4 is 17.6 Å². The Labute approximate surface area is 107 Å². The van der Waals surface area contributed by atoms with Crippen LogP contribution in [0.15, 0.2) is 18.3 Å². The number of H-pyrrole nitrogens is 1. The normalized spacial score (nSPS) is 10.6. The van der Waals surface area contributed by atoms with Gasteiger partial charge in [0.2, 0.25) is 0 Å². The summed E-state index contributed by atoms with van der Waals surface area (Å²) < 4.78 is 13.5. The van der Waals surface area contributed by atoms with Gasteiger partial charge in [-0.3, -0.25) is 4.79 Å². The van der Waals surface area contributed by atoms with E-state index in [1.165, 1.54) is 18.3 Å². The molecule has 94 valence electrons. The van der Waals surface area contributed by atoms with E-state index in [1.54, 1.807) is 6.92 Å². The van der Waals surface area contributed by atoms with E-state index in [-0.39, 0.29) is 12.2 Å². The van der Waals surface area contributed by atoms with Crippen molar-refractivity contribution in [2.24, 2.45) is 0 Å². The largest absolute Gasteiger partial charge is 0.481 e. The first-order chi connectivity index (χ1) is 8.47. The molecule has 2 rings (SSSR count). The zero-order valence-corrected chi connectivity index (χ0v) is 10.3. The van der Waals surface area contributed by atoms with Crippen molar-refractivity contribution in [1.82, 2.24) is 9.97 Å². The molecule has 1 heterocycles. The van der Waals surface area contributed by atoms with Crippen LogP contribution >= 0.6 is 11.6 Å². The maximum atomic E-state index is 13.5. The van der Waals surface area contributed by atoms with Crippen molar-refractivity contribution in [1.29, 1.82) is 0 Å². The summed E-state index contributed by atoms with van der Waals surface area (Å²) in [5.41, 5.74) is 1.41. The fraction of sp³-hybridized carbons (Fsp3) is 0.167. The van der Waals surface area contributed by atoms with Crippen molar-refractivity contribution in [3.8, 4) is 11.3 Å². The third-order valence-corrected chi connectivity index (χ3v) is 2.80. The van der Waals surface area contributed by atoms with Gasteiger partial charge in [-0.2, -0.15) is 0 Å². The number of carboxylic acids is 1. The molecular formula is C12H10ClFN2O2. The number of carboxylic acid groups (broad SMARTS) is 1. The van der Waals surface area contributed by atoms with Gasteiger partial charge in [-0.25, -0.2) is 9.37 Å². The average molecular weight is 269 g/mol. The molecule has 0 radical (unpaired) electrons. The Balaban J connectivity index is 2.40. The number of nitrogens with zero attached hydrogens (tertiary/aromatic N) is 1. The monoisotopic (exact) mass is 268 g/mol. The minimum Gasteiger partial charge on any atom is -0.481 e. The van der Waals surface area contributed by atoms with Crippen LogP contribution in [0.25, 0.3) is 11.3 Å². The van der Waals surface area contributed by atoms with E-state index in [9.17, 15) is 9.18 Å². The molecular weight excluding hydrogens is 259 g/mol. The van der Waals surface area contributed by atoms with Gasteiger partial charge in [0.25, 0.3) is 0 Å². The maximum Gasteiger partial charge on any atom is 0.311 e. The van der Waals surface area contributed by atoms with Crippen LogP contribution in [0.1, 0.15) is 11.4 Å². The second kappa shape index (κ2) is 4.78. The number of hydrogen-bond donors (Lipinski definition) is 2. The SMILES string of the molecule is Cc1cc(Cl)c(-c2cnc(CC(=O)O)[nH]2)cc1F. The first kappa shape index (κ1) is 12.6. The number of aliphatic carboxylic acids is 1. The molecule has 0 aliphatic rings. The standard InChI is InChI=1S/C12H10ClFN2O2/c1-6-2-8(13)7(3-9(6)14)10-5-15-11(16-10)4-12(17)18/h2-3,5H,4H2,1H3,(H,15,16)(H,17,18). The second-order valence-electron chi connectivity index (χ2n) is 3.90. The molecule has 0 aliphatic carbocycles. The highest BCUT2D eigenvalue weighted by Gasteiger charge is 2.11. The van der Waals surface area contributed by atoms with Gasteiger partial charge in [-0.1, -0.05) is 11.6 Å². The van der Waals surface area contributed by atoms with Gasteiger partial charge in [-0.05, 0) is 24.6 Å². The number of halogens is 2. The molecule has 2 aromatic rings. The van der Waals surface area contributed by atoms with E-state index in [1.807, 2.05) is 0 Å². The number of imidazole rings is 1. The van der Waals surface area contributed by atoms with Crippen LogP contribution < -0.4 is 0 Å². The number of nitrogens with one attached hydrogen (secondary N) is 1. The van der Waals surface area contributed by atoms with E-state index >= 15 is 0 Å². The summed E-state index contributed by atoms with van der Waals surface area (Å²) >= 11 is 6.02. The number of benzene rings is 1. The van der Waals surface area contributed by atoms with E-state index in [4.69, 9.17) is 16.7 Å². The van der Waals surface area contributed by atoms with Crippen molar-refractivity contribution < 1.29 is 14.3 Å². The van der Waals surface area contributed by atoms with Gasteiger partial charge in [0.1, 0.15) is 18.1 Å². The summed E-state index contributed by atoms with van der Waals surface area (Å²) in [6.07, 6.45) is 1.22. The number of aryl methyl sites for hydroxylation is 1. The lowest BCUT2D eigenvalue weighted by atomic mass is 10.1. The smallest absolute Gasteiger partial charge is 0.311 e. The minimum absolute atomic E-state index is 0.216. The predicted octanol–water partition coefficient (Wildman–Crippen LogP) is 2.80. The van der Waals surface area contributed by atoms with Crippen LogP contribution in [0.5, 0.6) is 0 Å². The van der Waals surface area contributed by atoms with Gasteiger partial charge < -0.3 is 10.1 Å². The quantitative estimate of drug-likeness (QED) is 0.899. The third-order valence-electron chi connectivity index (χ3n) is 2.49. The van der Waals surface area contributed by atoms with Crippen LogP contribution in [0.4, 0.5) is 4.39 Å². The highest BCUT2D eigenvalue weighted by Crippen LogP contribution is 2.29. The van der Waals surface area contributed by atoms with Crippen molar-refractivity contribution in [3.05, 3.63) is 40.6 Å². The molecule has 0 bridgehead atoms. The number of aromatic nitrogens is 2. The molecule has 0 unspecified atom stereocenters. The fourth-order valence-corrected chi connectivity index (χ4v) is 1.91. The number of carbonyl (C=O) groups is 1. The predicted molar refractivity (Wildman–Crippen MR) is 65.1 cm³/mol. The molecule has 0 aliphatic heterocycles. The topological polar surface area (TPSA) is 66.0 Å². The molecule has 6 heteroatoms. The van der Waals surface area contributed by atoms with Crippen LogP contribution in [-0.2, 0) is 11.2 Å². The van der Waals surface area contributed by atoms with Gasteiger partial charge in [0.15, 0.2) is 0 Å². The van der Waals surface area contributed by atoms with Crippen molar-refractivity contribution in [2.75, 3.05) is 0 Å². The summed E-state index contributed by atoms with van der Waals surface area (Å²) in [6.45, 7) is 1.62. The first-order valence-electron chi connectivity index (χ1n) is 5.19. The van der Waals surface area contributed by atoms with Gasteiger partial charge in [0, 0.05) is 5.56 Å². The summed E-state index contributed by atoms with van der Waals surface area (Å²) in [7, 11) is 0. The van der Waals surface area contributed by atoms with Gasteiger partial charge in [0.05, 0.1) is 16.9 Å². The molecule has 0 amide bonds. The van der Waals surface area contributed by atoms with E-state index in [0.717, 1.165) is 0 Å². The molecule has 1 aromatic heterocycles. The zero-order valence-electron chi connectivity index (χ0n) is 9.50. The lowest BCUT2D eigenvalue weighted by molar-refractivity contribution is -0.136. The zero-order chi connectivity index (χ0) is 13.3. The van der Waals surface area contributed by atoms with Crippen LogP contribution in [0, 0.1) is 12.7 Å². The number of aromatic amines is 1. The molecule has 4 nitrogen and oxygen atoms in total. The summed E-state index contributed by atoms with van der Waals surface area (Å²) in [4.78, 5) is 17.2. The Morgan fingerprint density at radius 3 is 2.94 bits per heavy atom. The fourth-order valence-electron chi connectivity index (χ4n) is 1.59. The van der Waals surface area contributed by atoms with Crippen LogP contribution in [0.3, 0.4) is 0 Å². The summed E-state index contributed by atoms with van der Waals surface area (Å²) in [6, 6.07) is 2.82. The molecule has 1 aromatic carbocycles. The Morgan fingerprint density at radius 1 is 1.56 bits per heavy atom. The van der Waals surface area contributed by atoms with E-state index in [0.29, 0.717) is 27.7 Å². The Bertz CT molecular complexity index is 610. The highest BCUT2D eigenvalue weighted by atomic mass is 35.5. The molecule has 2 N–H and O–H groups in total. The number of rotatable bonds is 3. The summed E-state index contributed by atoms with van der Waals surface area (Å²) in [5, 5.41) is 9.02. The van der Waals surface area contributed by atoms with Gasteiger partial charge in [-0.15, -0.1) is 0 Å². The van der Waals surface area contributed by atoms with Gasteiger partial charge >= 0.3 is 5.97 Å². The Morgan fingerprint density at radius 2 is 2.28 bits per heavy atom. The molecule has 0 atom stereocenters. The molecule has 0 saturated heterocycles. The first-order valence-corrected chi connectivity index (χ1v) is 5.57. The number of hydrogen-bond acceptors (Lipinski definition) is 2. The van der Waals surface area contributed by atoms with Crippen LogP contribution in [-0.4, -0.2) is 21.0 Å². The lowest BCUT2D eigenvalue weighted by Crippen LogP contribution is -2.01. The maximum absolute atomic E-state index is 13.5. The summed E-state index contributed by atoms with van der Waals surface area (Å²) in [5.74, 6) is -1.06. The third kappa shape index (κ3) is 2.51. The molecule has 0 fully saturated rings. The van der Waals surface area contributed by atoms with E-state index in [2.05, 4.69) is 9.97 Å². The Kier molecular flexibility index (Phi) is 3.34. The molecule has 0 spiro atoms. The van der Waals surface area contributed by atoms with Crippen molar-refractivity contribution in [3.63, 3.8) is 0 Å². The minimum atomic E-state index is -0.989. The highest BCUT2D eigenvalue weighted by molar-refractivity contribution is 6.33. The molecule has 0 saturated carbocycles. The van der Waals surface area contributed by atoms with Crippen molar-refractivity contribution in [2.45, 2.75) is 13.3 Å². The Hall–Kier alpha value is -1.88.